The molecule has 1 amide bonds. The van der Waals surface area contributed by atoms with E-state index in [0.29, 0.717) is 0 Å². The SMILES string of the molecule is CCOC(=O)C1C(c2ccccc2)OC(=O)N1C(C)c1cccc2ccccc12. The third-order valence-corrected chi connectivity index (χ3v) is 5.37. The summed E-state index contributed by atoms with van der Waals surface area (Å²) in [5.74, 6) is -0.459. The lowest BCUT2D eigenvalue weighted by molar-refractivity contribution is -0.149. The lowest BCUT2D eigenvalue weighted by atomic mass is 9.96. The molecule has 4 rings (SSSR count). The van der Waals surface area contributed by atoms with Crippen LogP contribution in [0.4, 0.5) is 4.79 Å². The van der Waals surface area contributed by atoms with E-state index in [1.165, 1.54) is 4.90 Å². The van der Waals surface area contributed by atoms with E-state index in [2.05, 4.69) is 0 Å². The molecule has 0 spiro atoms. The summed E-state index contributed by atoms with van der Waals surface area (Å²) in [6, 6.07) is 22.1. The van der Waals surface area contributed by atoms with Crippen molar-refractivity contribution in [3.05, 3.63) is 83.9 Å². The highest BCUT2D eigenvalue weighted by Crippen LogP contribution is 2.40. The second-order valence-corrected chi connectivity index (χ2v) is 7.06. The Kier molecular flexibility index (Phi) is 5.21. The predicted molar refractivity (Wildman–Crippen MR) is 110 cm³/mol. The molecule has 1 saturated heterocycles. The fourth-order valence-electron chi connectivity index (χ4n) is 4.01. The van der Waals surface area contributed by atoms with Crippen molar-refractivity contribution in [3.63, 3.8) is 0 Å². The van der Waals surface area contributed by atoms with Crippen LogP contribution in [0.1, 0.15) is 37.1 Å². The van der Waals surface area contributed by atoms with Crippen LogP contribution < -0.4 is 0 Å². The van der Waals surface area contributed by atoms with Gasteiger partial charge in [0.1, 0.15) is 0 Å². The molecule has 5 heteroatoms. The number of ether oxygens (including phenoxy) is 2. The van der Waals surface area contributed by atoms with E-state index in [0.717, 1.165) is 21.9 Å². The summed E-state index contributed by atoms with van der Waals surface area (Å²) < 4.78 is 11.0. The van der Waals surface area contributed by atoms with E-state index in [4.69, 9.17) is 9.47 Å². The molecule has 5 nitrogen and oxygen atoms in total. The van der Waals surface area contributed by atoms with E-state index in [-0.39, 0.29) is 12.6 Å². The largest absolute Gasteiger partial charge is 0.464 e. The summed E-state index contributed by atoms with van der Waals surface area (Å²) in [4.78, 5) is 27.3. The minimum Gasteiger partial charge on any atom is -0.464 e. The van der Waals surface area contributed by atoms with Crippen molar-refractivity contribution in [3.8, 4) is 0 Å². The molecule has 3 atom stereocenters. The van der Waals surface area contributed by atoms with Gasteiger partial charge < -0.3 is 9.47 Å². The summed E-state index contributed by atoms with van der Waals surface area (Å²) in [5, 5.41) is 2.12. The molecule has 0 radical (unpaired) electrons. The van der Waals surface area contributed by atoms with E-state index in [9.17, 15) is 9.59 Å². The molecular formula is C24H23NO4. The maximum atomic E-state index is 12.9. The first-order chi connectivity index (χ1) is 14.1. The Morgan fingerprint density at radius 2 is 1.72 bits per heavy atom. The lowest BCUT2D eigenvalue weighted by Crippen LogP contribution is -2.43. The molecular weight excluding hydrogens is 366 g/mol. The van der Waals surface area contributed by atoms with E-state index in [1.807, 2.05) is 79.7 Å². The molecule has 1 aliphatic heterocycles. The standard InChI is InChI=1S/C24H23NO4/c1-3-28-23(26)21-22(18-11-5-4-6-12-18)29-24(27)25(21)16(2)19-15-9-13-17-10-7-8-14-20(17)19/h4-16,21-22H,3H2,1-2H3. The Labute approximate surface area is 169 Å². The summed E-state index contributed by atoms with van der Waals surface area (Å²) in [5.41, 5.74) is 1.73. The van der Waals surface area contributed by atoms with Gasteiger partial charge in [-0.15, -0.1) is 0 Å². The molecule has 0 aliphatic carbocycles. The summed E-state index contributed by atoms with van der Waals surface area (Å²) in [6.45, 7) is 3.91. The van der Waals surface area contributed by atoms with Crippen LogP contribution >= 0.6 is 0 Å². The highest BCUT2D eigenvalue weighted by Gasteiger charge is 2.50. The van der Waals surface area contributed by atoms with E-state index < -0.39 is 24.2 Å². The molecule has 3 aromatic rings. The van der Waals surface area contributed by atoms with Crippen molar-refractivity contribution in [2.45, 2.75) is 32.0 Å². The summed E-state index contributed by atoms with van der Waals surface area (Å²) in [6.07, 6.45) is -1.22. The van der Waals surface area contributed by atoms with Crippen LogP contribution in [-0.4, -0.2) is 29.6 Å². The van der Waals surface area contributed by atoms with Gasteiger partial charge in [-0.05, 0) is 35.7 Å². The van der Waals surface area contributed by atoms with Crippen LogP contribution in [0.3, 0.4) is 0 Å². The monoisotopic (exact) mass is 389 g/mol. The zero-order valence-corrected chi connectivity index (χ0v) is 16.4. The van der Waals surface area contributed by atoms with Gasteiger partial charge in [-0.25, -0.2) is 9.59 Å². The average molecular weight is 389 g/mol. The lowest BCUT2D eigenvalue weighted by Gasteiger charge is -2.29. The molecule has 3 aromatic carbocycles. The first-order valence-corrected chi connectivity index (χ1v) is 9.80. The first-order valence-electron chi connectivity index (χ1n) is 9.80. The molecule has 0 N–H and O–H groups in total. The van der Waals surface area contributed by atoms with Gasteiger partial charge in [-0.3, -0.25) is 4.90 Å². The topological polar surface area (TPSA) is 55.8 Å². The number of carbonyl (C=O) groups excluding carboxylic acids is 2. The van der Waals surface area contributed by atoms with Crippen molar-refractivity contribution in [2.75, 3.05) is 6.61 Å². The number of esters is 1. The van der Waals surface area contributed by atoms with Gasteiger partial charge in [0.15, 0.2) is 12.1 Å². The van der Waals surface area contributed by atoms with Crippen molar-refractivity contribution in [2.24, 2.45) is 0 Å². The molecule has 0 bridgehead atoms. The quantitative estimate of drug-likeness (QED) is 0.575. The van der Waals surface area contributed by atoms with Gasteiger partial charge in [0.05, 0.1) is 12.6 Å². The van der Waals surface area contributed by atoms with Crippen LogP contribution in [0.25, 0.3) is 10.8 Å². The zero-order valence-electron chi connectivity index (χ0n) is 16.4. The number of benzene rings is 3. The predicted octanol–water partition coefficient (Wildman–Crippen LogP) is 5.03. The number of nitrogens with zero attached hydrogens (tertiary/aromatic N) is 1. The van der Waals surface area contributed by atoms with Gasteiger partial charge in [0.2, 0.25) is 0 Å². The average Bonchev–Trinajstić information content (AvgIpc) is 3.11. The normalized spacial score (nSPS) is 19.8. The number of hydrogen-bond acceptors (Lipinski definition) is 4. The van der Waals surface area contributed by atoms with Crippen molar-refractivity contribution < 1.29 is 19.1 Å². The van der Waals surface area contributed by atoms with E-state index in [1.54, 1.807) is 6.92 Å². The molecule has 1 fully saturated rings. The molecule has 29 heavy (non-hydrogen) atoms. The van der Waals surface area contributed by atoms with Crippen LogP contribution in [0, 0.1) is 0 Å². The van der Waals surface area contributed by atoms with Crippen LogP contribution in [-0.2, 0) is 14.3 Å². The first kappa shape index (κ1) is 19.0. The van der Waals surface area contributed by atoms with Crippen LogP contribution in [0.2, 0.25) is 0 Å². The Balaban J connectivity index is 1.77. The second-order valence-electron chi connectivity index (χ2n) is 7.06. The summed E-state index contributed by atoms with van der Waals surface area (Å²) >= 11 is 0. The molecule has 3 unspecified atom stereocenters. The number of hydrogen-bond donors (Lipinski definition) is 0. The highest BCUT2D eigenvalue weighted by atomic mass is 16.6. The number of cyclic esters (lactones) is 1. The number of rotatable bonds is 5. The fourth-order valence-corrected chi connectivity index (χ4v) is 4.01. The maximum Gasteiger partial charge on any atom is 0.411 e. The Morgan fingerprint density at radius 1 is 1.03 bits per heavy atom. The van der Waals surface area contributed by atoms with Crippen molar-refractivity contribution in [1.82, 2.24) is 4.90 Å². The minimum atomic E-state index is -0.848. The van der Waals surface area contributed by atoms with Gasteiger partial charge in [-0.1, -0.05) is 72.8 Å². The van der Waals surface area contributed by atoms with Crippen molar-refractivity contribution in [1.29, 1.82) is 0 Å². The molecule has 0 saturated carbocycles. The second kappa shape index (κ2) is 7.95. The molecule has 0 aromatic heterocycles. The Hall–Kier alpha value is -3.34. The van der Waals surface area contributed by atoms with Gasteiger partial charge >= 0.3 is 12.1 Å². The van der Waals surface area contributed by atoms with Gasteiger partial charge in [0.25, 0.3) is 0 Å². The maximum absolute atomic E-state index is 12.9. The van der Waals surface area contributed by atoms with Crippen LogP contribution in [0.15, 0.2) is 72.8 Å². The number of fused-ring (bicyclic) bond motifs is 1. The zero-order chi connectivity index (χ0) is 20.4. The Morgan fingerprint density at radius 3 is 2.48 bits per heavy atom. The van der Waals surface area contributed by atoms with E-state index >= 15 is 0 Å². The van der Waals surface area contributed by atoms with Crippen LogP contribution in [0.5, 0.6) is 0 Å². The summed E-state index contributed by atoms with van der Waals surface area (Å²) in [7, 11) is 0. The highest BCUT2D eigenvalue weighted by molar-refractivity contribution is 5.89. The third-order valence-electron chi connectivity index (χ3n) is 5.37. The molecule has 148 valence electrons. The number of amides is 1. The van der Waals surface area contributed by atoms with Gasteiger partial charge in [0, 0.05) is 0 Å². The van der Waals surface area contributed by atoms with Crippen molar-refractivity contribution >= 4 is 22.8 Å². The number of carbonyl (C=O) groups is 2. The van der Waals surface area contributed by atoms with Gasteiger partial charge in [-0.2, -0.15) is 0 Å². The fraction of sp³-hybridized carbons (Fsp3) is 0.250. The minimum absolute atomic E-state index is 0.238. The smallest absolute Gasteiger partial charge is 0.411 e. The molecule has 1 aliphatic rings. The molecule has 1 heterocycles. The third kappa shape index (κ3) is 3.44. The Bertz CT molecular complexity index is 1030.